The molecule has 0 fully saturated rings. The molecule has 0 aliphatic carbocycles. The number of anilines is 2. The minimum absolute atomic E-state index is 0.360. The van der Waals surface area contributed by atoms with E-state index in [2.05, 4.69) is 19.9 Å². The third-order valence-electron chi connectivity index (χ3n) is 3.37. The van der Waals surface area contributed by atoms with E-state index in [1.807, 2.05) is 17.0 Å². The summed E-state index contributed by atoms with van der Waals surface area (Å²) in [6.07, 6.45) is 9.81. The summed E-state index contributed by atoms with van der Waals surface area (Å²) in [6, 6.07) is 7.19. The van der Waals surface area contributed by atoms with E-state index in [0.717, 1.165) is 5.56 Å². The van der Waals surface area contributed by atoms with Gasteiger partial charge in [-0.1, -0.05) is 12.1 Å². The molecule has 0 bridgehead atoms. The summed E-state index contributed by atoms with van der Waals surface area (Å²) >= 11 is 0. The molecule has 0 N–H and O–H groups in total. The maximum Gasteiger partial charge on any atom is 0.337 e. The van der Waals surface area contributed by atoms with Gasteiger partial charge in [0, 0.05) is 24.8 Å². The van der Waals surface area contributed by atoms with Gasteiger partial charge in [-0.25, -0.2) is 14.8 Å². The van der Waals surface area contributed by atoms with Crippen LogP contribution in [0, 0.1) is 0 Å². The van der Waals surface area contributed by atoms with Gasteiger partial charge in [-0.05, 0) is 17.7 Å². The Morgan fingerprint density at radius 3 is 2.00 bits per heavy atom. The molecule has 3 aromatic rings. The Morgan fingerprint density at radius 2 is 1.54 bits per heavy atom. The van der Waals surface area contributed by atoms with Crippen LogP contribution in [0.5, 0.6) is 0 Å². The topological polar surface area (TPSA) is 81.1 Å². The van der Waals surface area contributed by atoms with Crippen molar-refractivity contribution in [1.82, 2.24) is 19.9 Å². The van der Waals surface area contributed by atoms with Gasteiger partial charge in [0.2, 0.25) is 0 Å². The Bertz CT molecular complexity index is 755. The highest BCUT2D eigenvalue weighted by Crippen LogP contribution is 2.22. The average Bonchev–Trinajstić information content (AvgIpc) is 2.67. The third kappa shape index (κ3) is 3.52. The van der Waals surface area contributed by atoms with E-state index in [1.54, 1.807) is 49.3 Å². The van der Waals surface area contributed by atoms with E-state index in [4.69, 9.17) is 4.74 Å². The van der Waals surface area contributed by atoms with Gasteiger partial charge < -0.3 is 9.64 Å². The number of carbonyl (C=O) groups is 1. The van der Waals surface area contributed by atoms with Crippen LogP contribution < -0.4 is 4.90 Å². The van der Waals surface area contributed by atoms with Crippen LogP contribution in [-0.2, 0) is 11.3 Å². The fourth-order valence-electron chi connectivity index (χ4n) is 2.19. The second-order valence-corrected chi connectivity index (χ2v) is 4.90. The highest BCUT2D eigenvalue weighted by molar-refractivity contribution is 5.89. The Kier molecular flexibility index (Phi) is 4.71. The number of hydrogen-bond acceptors (Lipinski definition) is 7. The predicted molar refractivity (Wildman–Crippen MR) is 87.7 cm³/mol. The number of methoxy groups -OCH3 is 1. The van der Waals surface area contributed by atoms with Gasteiger partial charge in [0.15, 0.2) is 11.6 Å². The first-order valence-electron chi connectivity index (χ1n) is 7.25. The van der Waals surface area contributed by atoms with Crippen molar-refractivity contribution < 1.29 is 9.53 Å². The van der Waals surface area contributed by atoms with Crippen LogP contribution in [-0.4, -0.2) is 33.0 Å². The Labute approximate surface area is 139 Å². The maximum atomic E-state index is 11.5. The van der Waals surface area contributed by atoms with Crippen molar-refractivity contribution in [2.24, 2.45) is 0 Å². The fourth-order valence-corrected chi connectivity index (χ4v) is 2.19. The lowest BCUT2D eigenvalue weighted by atomic mass is 10.1. The van der Waals surface area contributed by atoms with E-state index < -0.39 is 0 Å². The van der Waals surface area contributed by atoms with Gasteiger partial charge in [-0.3, -0.25) is 9.97 Å². The number of carbonyl (C=O) groups excluding carboxylic acids is 1. The molecule has 0 aliphatic rings. The number of nitrogens with zero attached hydrogens (tertiary/aromatic N) is 5. The monoisotopic (exact) mass is 321 g/mol. The van der Waals surface area contributed by atoms with E-state index >= 15 is 0 Å². The highest BCUT2D eigenvalue weighted by Gasteiger charge is 2.13. The number of hydrogen-bond donors (Lipinski definition) is 0. The molecule has 0 unspecified atom stereocenters. The van der Waals surface area contributed by atoms with E-state index in [9.17, 15) is 4.79 Å². The van der Waals surface area contributed by atoms with Crippen LogP contribution in [0.4, 0.5) is 11.6 Å². The molecule has 0 radical (unpaired) electrons. The lowest BCUT2D eigenvalue weighted by Crippen LogP contribution is -2.19. The number of ether oxygens (including phenoxy) is 1. The van der Waals surface area contributed by atoms with Gasteiger partial charge in [-0.2, -0.15) is 0 Å². The molecule has 7 nitrogen and oxygen atoms in total. The van der Waals surface area contributed by atoms with Crippen LogP contribution in [0.1, 0.15) is 15.9 Å². The lowest BCUT2D eigenvalue weighted by Gasteiger charge is -2.22. The maximum absolute atomic E-state index is 11.5. The van der Waals surface area contributed by atoms with E-state index in [-0.39, 0.29) is 5.97 Å². The van der Waals surface area contributed by atoms with Crippen molar-refractivity contribution in [3.05, 3.63) is 72.6 Å². The van der Waals surface area contributed by atoms with Gasteiger partial charge in [0.25, 0.3) is 0 Å². The first-order valence-corrected chi connectivity index (χ1v) is 7.25. The van der Waals surface area contributed by atoms with Crippen molar-refractivity contribution in [3.63, 3.8) is 0 Å². The minimum atomic E-state index is -0.360. The number of benzene rings is 1. The van der Waals surface area contributed by atoms with Crippen molar-refractivity contribution in [2.45, 2.75) is 6.54 Å². The smallest absolute Gasteiger partial charge is 0.337 e. The first kappa shape index (κ1) is 15.5. The zero-order valence-electron chi connectivity index (χ0n) is 13.0. The summed E-state index contributed by atoms with van der Waals surface area (Å²) in [4.78, 5) is 30.3. The number of rotatable bonds is 5. The van der Waals surface area contributed by atoms with Crippen LogP contribution in [0.3, 0.4) is 0 Å². The molecule has 0 atom stereocenters. The largest absolute Gasteiger partial charge is 0.465 e. The molecule has 3 rings (SSSR count). The molecular formula is C17H15N5O2. The van der Waals surface area contributed by atoms with Crippen LogP contribution >= 0.6 is 0 Å². The van der Waals surface area contributed by atoms with Crippen molar-refractivity contribution >= 4 is 17.6 Å². The SMILES string of the molecule is COC(=O)c1ccc(CN(c2cnccn2)c2cnccn2)cc1. The van der Waals surface area contributed by atoms with E-state index in [1.165, 1.54) is 7.11 Å². The lowest BCUT2D eigenvalue weighted by molar-refractivity contribution is 0.0600. The molecule has 0 amide bonds. The molecule has 2 aromatic heterocycles. The zero-order chi connectivity index (χ0) is 16.8. The van der Waals surface area contributed by atoms with Gasteiger partial charge in [-0.15, -0.1) is 0 Å². The second-order valence-electron chi connectivity index (χ2n) is 4.90. The van der Waals surface area contributed by atoms with Crippen LogP contribution in [0.25, 0.3) is 0 Å². The number of aromatic nitrogens is 4. The molecule has 0 spiro atoms. The zero-order valence-corrected chi connectivity index (χ0v) is 13.0. The molecule has 0 saturated carbocycles. The van der Waals surface area contributed by atoms with E-state index in [0.29, 0.717) is 23.7 Å². The average molecular weight is 321 g/mol. The first-order chi connectivity index (χ1) is 11.8. The van der Waals surface area contributed by atoms with Crippen LogP contribution in [0.2, 0.25) is 0 Å². The Hall–Kier alpha value is -3.35. The summed E-state index contributed by atoms with van der Waals surface area (Å²) in [5, 5.41) is 0. The molecule has 7 heteroatoms. The summed E-state index contributed by atoms with van der Waals surface area (Å²) in [5.74, 6) is 0.964. The normalized spacial score (nSPS) is 10.2. The minimum Gasteiger partial charge on any atom is -0.465 e. The molecular weight excluding hydrogens is 306 g/mol. The summed E-state index contributed by atoms with van der Waals surface area (Å²) in [5.41, 5.74) is 1.49. The Morgan fingerprint density at radius 1 is 0.958 bits per heavy atom. The summed E-state index contributed by atoms with van der Waals surface area (Å²) in [7, 11) is 1.36. The molecule has 2 heterocycles. The molecule has 24 heavy (non-hydrogen) atoms. The summed E-state index contributed by atoms with van der Waals surface area (Å²) in [6.45, 7) is 0.513. The van der Waals surface area contributed by atoms with Gasteiger partial charge in [0.1, 0.15) is 0 Å². The fraction of sp³-hybridized carbons (Fsp3) is 0.118. The predicted octanol–water partition coefficient (Wildman–Crippen LogP) is 2.39. The molecule has 1 aromatic carbocycles. The van der Waals surface area contributed by atoms with Crippen molar-refractivity contribution in [3.8, 4) is 0 Å². The molecule has 120 valence electrons. The highest BCUT2D eigenvalue weighted by atomic mass is 16.5. The number of esters is 1. The van der Waals surface area contributed by atoms with Gasteiger partial charge >= 0.3 is 5.97 Å². The molecule has 0 saturated heterocycles. The third-order valence-corrected chi connectivity index (χ3v) is 3.37. The van der Waals surface area contributed by atoms with Gasteiger partial charge in [0.05, 0.1) is 31.6 Å². The summed E-state index contributed by atoms with van der Waals surface area (Å²) < 4.78 is 4.71. The second kappa shape index (κ2) is 7.28. The molecule has 0 aliphatic heterocycles. The van der Waals surface area contributed by atoms with Crippen LogP contribution in [0.15, 0.2) is 61.4 Å². The van der Waals surface area contributed by atoms with Crippen molar-refractivity contribution in [2.75, 3.05) is 12.0 Å². The van der Waals surface area contributed by atoms with Crippen molar-refractivity contribution in [1.29, 1.82) is 0 Å². The Balaban J connectivity index is 1.89. The quantitative estimate of drug-likeness (QED) is 0.667. The standard InChI is InChI=1S/C17H15N5O2/c1-24-17(23)14-4-2-13(3-5-14)12-22(15-10-18-6-8-20-15)16-11-19-7-9-21-16/h2-11H,12H2,1H3.